The molecule has 0 atom stereocenters. The van der Waals surface area contributed by atoms with Gasteiger partial charge in [0.15, 0.2) is 0 Å². The Labute approximate surface area is 113 Å². The highest BCUT2D eigenvalue weighted by atomic mass is 35.5. The van der Waals surface area contributed by atoms with Crippen molar-refractivity contribution in [2.75, 3.05) is 0 Å². The highest BCUT2D eigenvalue weighted by Gasteiger charge is 2.08. The Morgan fingerprint density at radius 3 is 2.84 bits per heavy atom. The average molecular weight is 273 g/mol. The third kappa shape index (κ3) is 2.18. The van der Waals surface area contributed by atoms with E-state index in [0.29, 0.717) is 10.7 Å². The molecule has 1 N–H and O–H groups in total. The van der Waals surface area contributed by atoms with Crippen molar-refractivity contribution in [1.82, 2.24) is 9.38 Å². The van der Waals surface area contributed by atoms with Gasteiger partial charge in [-0.25, -0.2) is 9.78 Å². The maximum Gasteiger partial charge on any atom is 0.335 e. The van der Waals surface area contributed by atoms with E-state index in [9.17, 15) is 4.79 Å². The van der Waals surface area contributed by atoms with E-state index in [4.69, 9.17) is 16.7 Å². The Balaban J connectivity index is 2.13. The van der Waals surface area contributed by atoms with Gasteiger partial charge in [0.05, 0.1) is 16.3 Å². The van der Waals surface area contributed by atoms with E-state index in [-0.39, 0.29) is 5.56 Å². The molecule has 0 fully saturated rings. The van der Waals surface area contributed by atoms with Crippen LogP contribution in [-0.2, 0) is 0 Å². The molecule has 1 aromatic carbocycles. The summed E-state index contributed by atoms with van der Waals surface area (Å²) in [6, 6.07) is 10.3. The number of carboxylic acid groups (broad SMARTS) is 1. The van der Waals surface area contributed by atoms with Crippen LogP contribution in [0.1, 0.15) is 10.4 Å². The average Bonchev–Trinajstić information content (AvgIpc) is 2.81. The summed E-state index contributed by atoms with van der Waals surface area (Å²) in [4.78, 5) is 15.4. The first-order valence-corrected chi connectivity index (χ1v) is 5.99. The van der Waals surface area contributed by atoms with Gasteiger partial charge in [-0.15, -0.1) is 0 Å². The van der Waals surface area contributed by atoms with E-state index in [1.165, 1.54) is 0 Å². The van der Waals surface area contributed by atoms with Crippen LogP contribution in [0.3, 0.4) is 0 Å². The molecule has 0 amide bonds. The van der Waals surface area contributed by atoms with Crippen molar-refractivity contribution >= 4 is 23.2 Å². The lowest BCUT2D eigenvalue weighted by Crippen LogP contribution is -1.95. The van der Waals surface area contributed by atoms with Gasteiger partial charge in [-0.1, -0.05) is 23.7 Å². The van der Waals surface area contributed by atoms with Crippen molar-refractivity contribution in [2.45, 2.75) is 0 Å². The minimum Gasteiger partial charge on any atom is -0.478 e. The van der Waals surface area contributed by atoms with Gasteiger partial charge >= 0.3 is 5.97 Å². The summed E-state index contributed by atoms with van der Waals surface area (Å²) in [5.41, 5.74) is 2.48. The first-order chi connectivity index (χ1) is 9.13. The monoisotopic (exact) mass is 272 g/mol. The fourth-order valence-electron chi connectivity index (χ4n) is 1.92. The zero-order chi connectivity index (χ0) is 13.4. The number of aromatic nitrogens is 2. The highest BCUT2D eigenvalue weighted by molar-refractivity contribution is 6.30. The molecule has 0 spiro atoms. The van der Waals surface area contributed by atoms with Crippen molar-refractivity contribution in [3.8, 4) is 11.3 Å². The van der Waals surface area contributed by atoms with Crippen LogP contribution in [-0.4, -0.2) is 20.5 Å². The molecule has 0 radical (unpaired) electrons. The lowest BCUT2D eigenvalue weighted by atomic mass is 10.1. The number of carboxylic acids is 1. The molecule has 0 aliphatic heterocycles. The molecule has 2 heterocycles. The number of halogens is 1. The molecule has 2 aromatic heterocycles. The zero-order valence-corrected chi connectivity index (χ0v) is 10.5. The van der Waals surface area contributed by atoms with Crippen LogP contribution in [0, 0.1) is 0 Å². The fraction of sp³-hybridized carbons (Fsp3) is 0. The van der Waals surface area contributed by atoms with Crippen LogP contribution in [0.2, 0.25) is 5.02 Å². The molecule has 0 bridgehead atoms. The minimum absolute atomic E-state index is 0.243. The largest absolute Gasteiger partial charge is 0.478 e. The molecule has 0 unspecified atom stereocenters. The van der Waals surface area contributed by atoms with E-state index in [1.807, 2.05) is 22.7 Å². The molecule has 94 valence electrons. The fourth-order valence-corrected chi connectivity index (χ4v) is 2.08. The number of nitrogens with zero attached hydrogens (tertiary/aromatic N) is 2. The normalized spacial score (nSPS) is 10.8. The third-order valence-corrected chi connectivity index (χ3v) is 3.04. The molecule has 4 nitrogen and oxygen atoms in total. The molecule has 0 saturated carbocycles. The predicted molar refractivity (Wildman–Crippen MR) is 72.6 cm³/mol. The summed E-state index contributed by atoms with van der Waals surface area (Å²) in [6.07, 6.45) is 3.58. The maximum absolute atomic E-state index is 11.0. The Morgan fingerprint density at radius 2 is 2.05 bits per heavy atom. The standard InChI is InChI=1S/C14H9ClN2O2/c15-11-4-5-13-16-12(8-17(13)7-11)9-2-1-3-10(6-9)14(18)19/h1-8H,(H,18,19). The van der Waals surface area contributed by atoms with Gasteiger partial charge in [-0.05, 0) is 24.3 Å². The smallest absolute Gasteiger partial charge is 0.335 e. The molecule has 19 heavy (non-hydrogen) atoms. The summed E-state index contributed by atoms with van der Waals surface area (Å²) in [5, 5.41) is 9.61. The number of aromatic carboxylic acids is 1. The molecule has 0 aliphatic rings. The Bertz CT molecular complexity index is 780. The van der Waals surface area contributed by atoms with E-state index in [1.54, 1.807) is 30.5 Å². The highest BCUT2D eigenvalue weighted by Crippen LogP contribution is 2.21. The molecular weight excluding hydrogens is 264 g/mol. The third-order valence-electron chi connectivity index (χ3n) is 2.82. The van der Waals surface area contributed by atoms with Gasteiger partial charge in [-0.2, -0.15) is 0 Å². The van der Waals surface area contributed by atoms with Crippen LogP contribution < -0.4 is 0 Å². The summed E-state index contributed by atoms with van der Waals surface area (Å²) < 4.78 is 1.81. The van der Waals surface area contributed by atoms with Gasteiger partial charge in [0.2, 0.25) is 0 Å². The van der Waals surface area contributed by atoms with E-state index in [0.717, 1.165) is 11.2 Å². The van der Waals surface area contributed by atoms with Crippen molar-refractivity contribution in [2.24, 2.45) is 0 Å². The van der Waals surface area contributed by atoms with Crippen molar-refractivity contribution < 1.29 is 9.90 Å². The topological polar surface area (TPSA) is 54.6 Å². The molecule has 5 heteroatoms. The van der Waals surface area contributed by atoms with Crippen LogP contribution in [0.25, 0.3) is 16.9 Å². The number of rotatable bonds is 2. The second-order valence-electron chi connectivity index (χ2n) is 4.12. The van der Waals surface area contributed by atoms with Crippen molar-refractivity contribution in [3.05, 3.63) is 59.4 Å². The summed E-state index contributed by atoms with van der Waals surface area (Å²) >= 11 is 5.91. The second-order valence-corrected chi connectivity index (χ2v) is 4.56. The number of hydrogen-bond donors (Lipinski definition) is 1. The molecule has 0 aliphatic carbocycles. The van der Waals surface area contributed by atoms with E-state index >= 15 is 0 Å². The summed E-state index contributed by atoms with van der Waals surface area (Å²) in [5.74, 6) is -0.950. The van der Waals surface area contributed by atoms with Crippen LogP contribution in [0.15, 0.2) is 48.8 Å². The Morgan fingerprint density at radius 1 is 1.21 bits per heavy atom. The first-order valence-electron chi connectivity index (χ1n) is 5.61. The minimum atomic E-state index is -0.950. The number of fused-ring (bicyclic) bond motifs is 1. The summed E-state index contributed by atoms with van der Waals surface area (Å²) in [7, 11) is 0. The lowest BCUT2D eigenvalue weighted by Gasteiger charge is -1.98. The van der Waals surface area contributed by atoms with Gasteiger partial charge in [0, 0.05) is 18.0 Å². The quantitative estimate of drug-likeness (QED) is 0.778. The zero-order valence-electron chi connectivity index (χ0n) is 9.75. The number of benzene rings is 1. The van der Waals surface area contributed by atoms with Crippen LogP contribution in [0.5, 0.6) is 0 Å². The molecule has 0 saturated heterocycles. The van der Waals surface area contributed by atoms with E-state index in [2.05, 4.69) is 4.98 Å². The second kappa shape index (κ2) is 4.40. The molecule has 3 aromatic rings. The predicted octanol–water partition coefficient (Wildman–Crippen LogP) is 3.35. The van der Waals surface area contributed by atoms with E-state index < -0.39 is 5.97 Å². The Kier molecular flexibility index (Phi) is 2.72. The van der Waals surface area contributed by atoms with Gasteiger partial charge < -0.3 is 9.51 Å². The number of carbonyl (C=O) groups is 1. The molecule has 3 rings (SSSR count). The van der Waals surface area contributed by atoms with Gasteiger partial charge in [0.1, 0.15) is 5.65 Å². The Hall–Kier alpha value is -2.33. The number of hydrogen-bond acceptors (Lipinski definition) is 2. The van der Waals surface area contributed by atoms with Crippen LogP contribution >= 0.6 is 11.6 Å². The van der Waals surface area contributed by atoms with Crippen LogP contribution in [0.4, 0.5) is 0 Å². The molecular formula is C14H9ClN2O2. The van der Waals surface area contributed by atoms with Gasteiger partial charge in [-0.3, -0.25) is 0 Å². The van der Waals surface area contributed by atoms with Crippen molar-refractivity contribution in [3.63, 3.8) is 0 Å². The number of imidazole rings is 1. The maximum atomic E-state index is 11.0. The summed E-state index contributed by atoms with van der Waals surface area (Å²) in [6.45, 7) is 0. The lowest BCUT2D eigenvalue weighted by molar-refractivity contribution is 0.0697. The van der Waals surface area contributed by atoms with Gasteiger partial charge in [0.25, 0.3) is 0 Å². The SMILES string of the molecule is O=C(O)c1cccc(-c2cn3cc(Cl)ccc3n2)c1. The van der Waals surface area contributed by atoms with Crippen molar-refractivity contribution in [1.29, 1.82) is 0 Å². The number of pyridine rings is 1. The first kappa shape index (κ1) is 11.7.